The van der Waals surface area contributed by atoms with Gasteiger partial charge in [0.05, 0.1) is 0 Å². The molecule has 2 aliphatic carbocycles. The first-order valence-corrected chi connectivity index (χ1v) is 6.67. The van der Waals surface area contributed by atoms with Gasteiger partial charge in [-0.25, -0.2) is 4.79 Å². The molecule has 3 atom stereocenters. The van der Waals surface area contributed by atoms with Gasteiger partial charge in [0.25, 0.3) is 0 Å². The molecule has 0 heterocycles. The number of carbonyl (C=O) groups is 1. The van der Waals surface area contributed by atoms with Crippen LogP contribution in [0.2, 0.25) is 0 Å². The summed E-state index contributed by atoms with van der Waals surface area (Å²) in [6, 6.07) is 0.0106. The predicted octanol–water partition coefficient (Wildman–Crippen LogP) is 2.38. The lowest BCUT2D eigenvalue weighted by Gasteiger charge is -2.22. The lowest BCUT2D eigenvalue weighted by atomic mass is 9.89. The molecule has 3 nitrogen and oxygen atoms in total. The summed E-state index contributed by atoms with van der Waals surface area (Å²) in [5, 5.41) is 5.91. The third-order valence-corrected chi connectivity index (χ3v) is 4.08. The van der Waals surface area contributed by atoms with E-state index in [9.17, 15) is 4.79 Å². The van der Waals surface area contributed by atoms with Crippen LogP contribution in [0.15, 0.2) is 0 Å². The third-order valence-electron chi connectivity index (χ3n) is 4.08. The molecule has 92 valence electrons. The number of hydrogen-bond donors (Lipinski definition) is 2. The first kappa shape index (κ1) is 11.7. The maximum absolute atomic E-state index is 11.5. The molecule has 16 heavy (non-hydrogen) atoms. The van der Waals surface area contributed by atoms with Gasteiger partial charge in [0.15, 0.2) is 0 Å². The Hall–Kier alpha value is -0.730. The van der Waals surface area contributed by atoms with Crippen molar-refractivity contribution in [2.24, 2.45) is 23.7 Å². The maximum atomic E-state index is 11.5. The van der Waals surface area contributed by atoms with Gasteiger partial charge in [-0.1, -0.05) is 20.3 Å². The Morgan fingerprint density at radius 3 is 2.62 bits per heavy atom. The second kappa shape index (κ2) is 5.07. The van der Waals surface area contributed by atoms with Crippen molar-refractivity contribution in [3.05, 3.63) is 0 Å². The standard InChI is InChI=1S/C13H24N2O/c1-9(2)7-14-13(16)15-8-12-6-10-3-4-11(12)5-10/h9-12H,3-8H2,1-2H3,(H2,14,15,16). The summed E-state index contributed by atoms with van der Waals surface area (Å²) < 4.78 is 0. The molecule has 2 aliphatic rings. The van der Waals surface area contributed by atoms with Crippen molar-refractivity contribution < 1.29 is 4.79 Å². The number of fused-ring (bicyclic) bond motifs is 2. The molecule has 0 spiro atoms. The lowest BCUT2D eigenvalue weighted by molar-refractivity contribution is 0.233. The summed E-state index contributed by atoms with van der Waals surface area (Å²) in [4.78, 5) is 11.5. The maximum Gasteiger partial charge on any atom is 0.314 e. The fourth-order valence-corrected chi connectivity index (χ4v) is 3.21. The predicted molar refractivity (Wildman–Crippen MR) is 65.2 cm³/mol. The number of amides is 2. The summed E-state index contributed by atoms with van der Waals surface area (Å²) >= 11 is 0. The number of urea groups is 1. The van der Waals surface area contributed by atoms with Crippen molar-refractivity contribution >= 4 is 6.03 Å². The van der Waals surface area contributed by atoms with Gasteiger partial charge >= 0.3 is 6.03 Å². The van der Waals surface area contributed by atoms with Crippen LogP contribution < -0.4 is 10.6 Å². The van der Waals surface area contributed by atoms with Crippen molar-refractivity contribution in [2.75, 3.05) is 13.1 Å². The molecule has 0 aromatic heterocycles. The quantitative estimate of drug-likeness (QED) is 0.756. The first-order valence-electron chi connectivity index (χ1n) is 6.67. The Morgan fingerprint density at radius 2 is 2.06 bits per heavy atom. The van der Waals surface area contributed by atoms with Crippen molar-refractivity contribution in [2.45, 2.75) is 39.5 Å². The Balaban J connectivity index is 1.62. The fourth-order valence-electron chi connectivity index (χ4n) is 3.21. The van der Waals surface area contributed by atoms with E-state index >= 15 is 0 Å². The van der Waals surface area contributed by atoms with Gasteiger partial charge in [-0.05, 0) is 42.9 Å². The average molecular weight is 224 g/mol. The second-order valence-electron chi connectivity index (χ2n) is 5.92. The summed E-state index contributed by atoms with van der Waals surface area (Å²) in [5.74, 6) is 3.14. The van der Waals surface area contributed by atoms with E-state index in [2.05, 4.69) is 24.5 Å². The van der Waals surface area contributed by atoms with E-state index in [1.54, 1.807) is 0 Å². The van der Waals surface area contributed by atoms with E-state index in [-0.39, 0.29) is 6.03 Å². The van der Waals surface area contributed by atoms with E-state index in [1.165, 1.54) is 25.7 Å². The SMILES string of the molecule is CC(C)CNC(=O)NCC1CC2CCC1C2. The van der Waals surface area contributed by atoms with Gasteiger partial charge in [0.2, 0.25) is 0 Å². The van der Waals surface area contributed by atoms with E-state index < -0.39 is 0 Å². The first-order chi connectivity index (χ1) is 7.65. The lowest BCUT2D eigenvalue weighted by Crippen LogP contribution is -2.40. The summed E-state index contributed by atoms with van der Waals surface area (Å²) in [5.41, 5.74) is 0. The molecule has 0 aromatic rings. The number of carbonyl (C=O) groups excluding carboxylic acids is 1. The highest BCUT2D eigenvalue weighted by molar-refractivity contribution is 5.73. The third kappa shape index (κ3) is 2.89. The molecule has 2 saturated carbocycles. The Kier molecular flexibility index (Phi) is 3.72. The van der Waals surface area contributed by atoms with Crippen LogP contribution >= 0.6 is 0 Å². The van der Waals surface area contributed by atoms with Gasteiger partial charge in [-0.2, -0.15) is 0 Å². The van der Waals surface area contributed by atoms with E-state index in [1.807, 2.05) is 0 Å². The number of hydrogen-bond acceptors (Lipinski definition) is 1. The van der Waals surface area contributed by atoms with Crippen LogP contribution in [0.4, 0.5) is 4.79 Å². The Morgan fingerprint density at radius 1 is 1.25 bits per heavy atom. The molecule has 2 fully saturated rings. The van der Waals surface area contributed by atoms with E-state index in [0.29, 0.717) is 5.92 Å². The molecular weight excluding hydrogens is 200 g/mol. The van der Waals surface area contributed by atoms with E-state index in [4.69, 9.17) is 0 Å². The van der Waals surface area contributed by atoms with Crippen molar-refractivity contribution in [3.8, 4) is 0 Å². The van der Waals surface area contributed by atoms with Crippen molar-refractivity contribution in [3.63, 3.8) is 0 Å². The van der Waals surface area contributed by atoms with Crippen LogP contribution in [-0.4, -0.2) is 19.1 Å². The molecule has 0 aliphatic heterocycles. The zero-order valence-corrected chi connectivity index (χ0v) is 10.5. The normalized spacial score (nSPS) is 32.1. The van der Waals surface area contributed by atoms with Gasteiger partial charge in [-0.3, -0.25) is 0 Å². The number of rotatable bonds is 4. The minimum Gasteiger partial charge on any atom is -0.338 e. The van der Waals surface area contributed by atoms with Crippen LogP contribution in [-0.2, 0) is 0 Å². The van der Waals surface area contributed by atoms with Crippen LogP contribution in [0.25, 0.3) is 0 Å². The second-order valence-corrected chi connectivity index (χ2v) is 5.92. The van der Waals surface area contributed by atoms with E-state index in [0.717, 1.165) is 30.8 Å². The molecule has 3 heteroatoms. The zero-order valence-electron chi connectivity index (χ0n) is 10.5. The van der Waals surface area contributed by atoms with Crippen LogP contribution in [0.1, 0.15) is 39.5 Å². The minimum absolute atomic E-state index is 0.0106. The van der Waals surface area contributed by atoms with Gasteiger partial charge in [-0.15, -0.1) is 0 Å². The van der Waals surface area contributed by atoms with Crippen LogP contribution in [0.5, 0.6) is 0 Å². The smallest absolute Gasteiger partial charge is 0.314 e. The molecule has 2 bridgehead atoms. The topological polar surface area (TPSA) is 41.1 Å². The molecule has 0 aromatic carbocycles. The molecule has 0 saturated heterocycles. The molecule has 0 radical (unpaired) electrons. The van der Waals surface area contributed by atoms with Gasteiger partial charge in [0, 0.05) is 13.1 Å². The number of nitrogens with one attached hydrogen (secondary N) is 2. The highest BCUT2D eigenvalue weighted by atomic mass is 16.2. The van der Waals surface area contributed by atoms with Gasteiger partial charge in [0.1, 0.15) is 0 Å². The fraction of sp³-hybridized carbons (Fsp3) is 0.923. The summed E-state index contributed by atoms with van der Waals surface area (Å²) in [7, 11) is 0. The highest BCUT2D eigenvalue weighted by Gasteiger charge is 2.39. The summed E-state index contributed by atoms with van der Waals surface area (Å²) in [6.45, 7) is 5.86. The van der Waals surface area contributed by atoms with Crippen LogP contribution in [0.3, 0.4) is 0 Å². The average Bonchev–Trinajstić information content (AvgIpc) is 2.84. The summed E-state index contributed by atoms with van der Waals surface area (Å²) in [6.07, 6.45) is 5.58. The monoisotopic (exact) mass is 224 g/mol. The molecule has 2 amide bonds. The van der Waals surface area contributed by atoms with Gasteiger partial charge < -0.3 is 10.6 Å². The van der Waals surface area contributed by atoms with Crippen molar-refractivity contribution in [1.82, 2.24) is 10.6 Å². The Bertz CT molecular complexity index is 252. The zero-order chi connectivity index (χ0) is 11.5. The molecular formula is C13H24N2O. The molecule has 2 rings (SSSR count). The Labute approximate surface area is 98.4 Å². The van der Waals surface area contributed by atoms with Crippen molar-refractivity contribution in [1.29, 1.82) is 0 Å². The van der Waals surface area contributed by atoms with Crippen LogP contribution in [0, 0.1) is 23.7 Å². The minimum atomic E-state index is 0.0106. The largest absolute Gasteiger partial charge is 0.338 e. The molecule has 3 unspecified atom stereocenters. The molecule has 2 N–H and O–H groups in total. The highest BCUT2D eigenvalue weighted by Crippen LogP contribution is 2.47.